The Hall–Kier alpha value is -3.07. The molecule has 0 fully saturated rings. The predicted octanol–water partition coefficient (Wildman–Crippen LogP) is 2.98. The van der Waals surface area contributed by atoms with E-state index in [9.17, 15) is 14.9 Å². The lowest BCUT2D eigenvalue weighted by atomic mass is 10.2. The summed E-state index contributed by atoms with van der Waals surface area (Å²) in [7, 11) is 1.60. The summed E-state index contributed by atoms with van der Waals surface area (Å²) in [6.45, 7) is 0.147. The molecule has 0 aliphatic heterocycles. The zero-order valence-electron chi connectivity index (χ0n) is 12.6. The van der Waals surface area contributed by atoms with E-state index in [0.717, 1.165) is 4.88 Å². The van der Waals surface area contributed by atoms with Crippen molar-refractivity contribution in [3.05, 3.63) is 63.3 Å². The van der Waals surface area contributed by atoms with Crippen LogP contribution in [0.4, 0.5) is 5.69 Å². The third kappa shape index (κ3) is 3.30. The van der Waals surface area contributed by atoms with Gasteiger partial charge in [-0.2, -0.15) is 4.98 Å². The predicted molar refractivity (Wildman–Crippen MR) is 86.5 cm³/mol. The third-order valence-electron chi connectivity index (χ3n) is 3.25. The highest BCUT2D eigenvalue weighted by Crippen LogP contribution is 2.21. The first-order chi connectivity index (χ1) is 11.5. The van der Waals surface area contributed by atoms with Gasteiger partial charge in [-0.3, -0.25) is 14.9 Å². The second kappa shape index (κ2) is 6.59. The molecule has 2 heterocycles. The van der Waals surface area contributed by atoms with Gasteiger partial charge in [0.15, 0.2) is 0 Å². The molecule has 0 saturated heterocycles. The number of nitrogens with zero attached hydrogens (tertiary/aromatic N) is 4. The molecule has 9 heteroatoms. The lowest BCUT2D eigenvalue weighted by Gasteiger charge is -2.14. The maximum absolute atomic E-state index is 12.3. The first-order valence-corrected chi connectivity index (χ1v) is 7.79. The Morgan fingerprint density at radius 2 is 2.08 bits per heavy atom. The average Bonchev–Trinajstić information content (AvgIpc) is 3.25. The lowest BCUT2D eigenvalue weighted by molar-refractivity contribution is -0.384. The van der Waals surface area contributed by atoms with Gasteiger partial charge in [0.1, 0.15) is 0 Å². The van der Waals surface area contributed by atoms with Gasteiger partial charge in [-0.25, -0.2) is 0 Å². The van der Waals surface area contributed by atoms with Gasteiger partial charge in [0.05, 0.1) is 16.3 Å². The molecule has 0 atom stereocenters. The van der Waals surface area contributed by atoms with Crippen LogP contribution in [0.25, 0.3) is 10.7 Å². The maximum Gasteiger partial charge on any atom is 0.269 e. The Kier molecular flexibility index (Phi) is 4.34. The van der Waals surface area contributed by atoms with Crippen molar-refractivity contribution >= 4 is 22.9 Å². The summed E-state index contributed by atoms with van der Waals surface area (Å²) < 4.78 is 5.16. The molecule has 2 aromatic heterocycles. The van der Waals surface area contributed by atoms with Crippen molar-refractivity contribution in [3.8, 4) is 10.7 Å². The number of nitro benzene ring substituents is 1. The Labute approximate surface area is 140 Å². The molecule has 0 spiro atoms. The molecule has 24 heavy (non-hydrogen) atoms. The van der Waals surface area contributed by atoms with Gasteiger partial charge in [0.25, 0.3) is 11.6 Å². The number of carbonyl (C=O) groups excluding carboxylic acids is 1. The first-order valence-electron chi connectivity index (χ1n) is 6.91. The summed E-state index contributed by atoms with van der Waals surface area (Å²) in [5, 5.41) is 16.4. The molecule has 122 valence electrons. The first kappa shape index (κ1) is 15.8. The average molecular weight is 344 g/mol. The number of hydrogen-bond donors (Lipinski definition) is 0. The van der Waals surface area contributed by atoms with E-state index in [0.29, 0.717) is 17.3 Å². The number of thiophene rings is 1. The molecule has 0 unspecified atom stereocenters. The Morgan fingerprint density at radius 3 is 2.71 bits per heavy atom. The van der Waals surface area contributed by atoms with Crippen LogP contribution in [-0.2, 0) is 6.54 Å². The fraction of sp³-hybridized carbons (Fsp3) is 0.133. The topological polar surface area (TPSA) is 102 Å². The minimum absolute atomic E-state index is 0.0632. The summed E-state index contributed by atoms with van der Waals surface area (Å²) >= 11 is 1.49. The highest BCUT2D eigenvalue weighted by Gasteiger charge is 2.17. The van der Waals surface area contributed by atoms with E-state index in [1.807, 2.05) is 17.5 Å². The number of rotatable bonds is 5. The van der Waals surface area contributed by atoms with Crippen molar-refractivity contribution in [1.82, 2.24) is 15.0 Å². The minimum atomic E-state index is -0.511. The van der Waals surface area contributed by atoms with Crippen molar-refractivity contribution in [1.29, 1.82) is 0 Å². The van der Waals surface area contributed by atoms with Crippen LogP contribution < -0.4 is 0 Å². The molecule has 0 aliphatic rings. The Balaban J connectivity index is 1.69. The normalized spacial score (nSPS) is 10.5. The van der Waals surface area contributed by atoms with E-state index >= 15 is 0 Å². The number of nitro groups is 1. The largest absolute Gasteiger partial charge is 0.337 e. The van der Waals surface area contributed by atoms with E-state index in [1.54, 1.807) is 7.05 Å². The second-order valence-corrected chi connectivity index (χ2v) is 5.90. The quantitative estimate of drug-likeness (QED) is 0.521. The number of benzene rings is 1. The molecule has 3 rings (SSSR count). The zero-order valence-corrected chi connectivity index (χ0v) is 13.4. The number of non-ortho nitro benzene ring substituents is 1. The standard InChI is InChI=1S/C15H12N4O4S/c1-18(15(20)10-4-6-11(7-5-10)19(21)22)9-13-16-14(17-23-13)12-3-2-8-24-12/h2-8H,9H2,1H3. The molecular weight excluding hydrogens is 332 g/mol. The van der Waals surface area contributed by atoms with Gasteiger partial charge >= 0.3 is 0 Å². The Morgan fingerprint density at radius 1 is 1.33 bits per heavy atom. The minimum Gasteiger partial charge on any atom is -0.337 e. The molecule has 0 radical (unpaired) electrons. The maximum atomic E-state index is 12.3. The summed E-state index contributed by atoms with van der Waals surface area (Å²) in [4.78, 5) is 29.0. The van der Waals surface area contributed by atoms with Gasteiger partial charge in [-0.15, -0.1) is 11.3 Å². The third-order valence-corrected chi connectivity index (χ3v) is 4.12. The van der Waals surface area contributed by atoms with Crippen molar-refractivity contribution in [2.75, 3.05) is 7.05 Å². The van der Waals surface area contributed by atoms with Crippen molar-refractivity contribution in [2.24, 2.45) is 0 Å². The monoisotopic (exact) mass is 344 g/mol. The zero-order chi connectivity index (χ0) is 17.1. The van der Waals surface area contributed by atoms with Crippen molar-refractivity contribution < 1.29 is 14.2 Å². The highest BCUT2D eigenvalue weighted by molar-refractivity contribution is 7.13. The van der Waals surface area contributed by atoms with Gasteiger partial charge in [-0.1, -0.05) is 11.2 Å². The number of carbonyl (C=O) groups is 1. The molecular formula is C15H12N4O4S. The fourth-order valence-electron chi connectivity index (χ4n) is 2.05. The molecule has 1 amide bonds. The van der Waals surface area contributed by atoms with Crippen molar-refractivity contribution in [2.45, 2.75) is 6.54 Å². The smallest absolute Gasteiger partial charge is 0.269 e. The van der Waals surface area contributed by atoms with Gasteiger partial charge in [0.2, 0.25) is 11.7 Å². The molecule has 8 nitrogen and oxygen atoms in total. The van der Waals surface area contributed by atoms with E-state index in [-0.39, 0.29) is 18.1 Å². The van der Waals surface area contributed by atoms with Crippen LogP contribution in [0, 0.1) is 10.1 Å². The molecule has 0 aliphatic carbocycles. The number of hydrogen-bond acceptors (Lipinski definition) is 7. The molecule has 1 aromatic carbocycles. The summed E-state index contributed by atoms with van der Waals surface area (Å²) in [6.07, 6.45) is 0. The number of aromatic nitrogens is 2. The van der Waals surface area contributed by atoms with Crippen LogP contribution in [0.15, 0.2) is 46.3 Å². The Bertz CT molecular complexity index is 858. The van der Waals surface area contributed by atoms with Gasteiger partial charge in [-0.05, 0) is 23.6 Å². The van der Waals surface area contributed by atoms with E-state index < -0.39 is 4.92 Å². The summed E-state index contributed by atoms with van der Waals surface area (Å²) in [5.74, 6) is 0.508. The second-order valence-electron chi connectivity index (χ2n) is 4.95. The summed E-state index contributed by atoms with van der Waals surface area (Å²) in [6, 6.07) is 9.19. The summed E-state index contributed by atoms with van der Waals surface area (Å²) in [5.41, 5.74) is 0.285. The van der Waals surface area contributed by atoms with Gasteiger partial charge < -0.3 is 9.42 Å². The molecule has 0 N–H and O–H groups in total. The van der Waals surface area contributed by atoms with Crippen LogP contribution in [0.2, 0.25) is 0 Å². The molecule has 0 bridgehead atoms. The van der Waals surface area contributed by atoms with Crippen molar-refractivity contribution in [3.63, 3.8) is 0 Å². The highest BCUT2D eigenvalue weighted by atomic mass is 32.1. The van der Waals surface area contributed by atoms with E-state index in [1.165, 1.54) is 40.5 Å². The lowest BCUT2D eigenvalue weighted by Crippen LogP contribution is -2.26. The van der Waals surface area contributed by atoms with Crippen LogP contribution in [0.1, 0.15) is 16.2 Å². The number of amides is 1. The van der Waals surface area contributed by atoms with Crippen LogP contribution in [-0.4, -0.2) is 32.9 Å². The van der Waals surface area contributed by atoms with Crippen LogP contribution >= 0.6 is 11.3 Å². The van der Waals surface area contributed by atoms with Gasteiger partial charge in [0, 0.05) is 24.7 Å². The fourth-order valence-corrected chi connectivity index (χ4v) is 2.69. The molecule has 3 aromatic rings. The SMILES string of the molecule is CN(Cc1nc(-c2cccs2)no1)C(=O)c1ccc([N+](=O)[O-])cc1. The molecule has 0 saturated carbocycles. The van der Waals surface area contributed by atoms with E-state index in [4.69, 9.17) is 4.52 Å². The van der Waals surface area contributed by atoms with Crippen LogP contribution in [0.3, 0.4) is 0 Å². The van der Waals surface area contributed by atoms with Crippen LogP contribution in [0.5, 0.6) is 0 Å². The van der Waals surface area contributed by atoms with E-state index in [2.05, 4.69) is 10.1 Å².